The molecule has 0 aromatic carbocycles. The topological polar surface area (TPSA) is 74.0 Å². The van der Waals surface area contributed by atoms with Gasteiger partial charge in [0.25, 0.3) is 11.5 Å². The first-order valence-electron chi connectivity index (χ1n) is 6.30. The molecule has 106 valence electrons. The molecule has 6 heteroatoms. The average molecular weight is 286 g/mol. The van der Waals surface area contributed by atoms with Gasteiger partial charge in [0.1, 0.15) is 5.56 Å². The maximum absolute atomic E-state index is 12.0. The molecule has 0 saturated carbocycles. The number of aryl methyl sites for hydroxylation is 1. The maximum atomic E-state index is 12.0. The number of carbonyl (C=O) groups is 1. The molecule has 2 heterocycles. The van der Waals surface area contributed by atoms with E-state index in [-0.39, 0.29) is 35.5 Å². The van der Waals surface area contributed by atoms with Crippen molar-refractivity contribution in [1.29, 1.82) is 0 Å². The summed E-state index contributed by atoms with van der Waals surface area (Å²) in [7, 11) is 0. The third kappa shape index (κ3) is 4.08. The van der Waals surface area contributed by atoms with E-state index < -0.39 is 0 Å². The standard InChI is InChI=1S/C13H19N3O2.ClH/c1-8-3-4-11(12(17)15-8)13(18)16-10-5-6-14-9(2)7-10;/h3-4,9-10,14H,5-7H2,1-2H3,(H,15,17)(H,16,18);1H. The van der Waals surface area contributed by atoms with Crippen LogP contribution in [0.15, 0.2) is 16.9 Å². The van der Waals surface area contributed by atoms with Crippen molar-refractivity contribution in [2.24, 2.45) is 0 Å². The Morgan fingerprint density at radius 2 is 2.16 bits per heavy atom. The van der Waals surface area contributed by atoms with Crippen molar-refractivity contribution < 1.29 is 4.79 Å². The van der Waals surface area contributed by atoms with Crippen LogP contribution in [-0.4, -0.2) is 29.5 Å². The first-order chi connectivity index (χ1) is 8.56. The lowest BCUT2D eigenvalue weighted by Gasteiger charge is -2.28. The van der Waals surface area contributed by atoms with E-state index in [0.717, 1.165) is 25.1 Å². The summed E-state index contributed by atoms with van der Waals surface area (Å²) in [6.07, 6.45) is 1.80. The lowest BCUT2D eigenvalue weighted by atomic mass is 10.0. The summed E-state index contributed by atoms with van der Waals surface area (Å²) in [5, 5.41) is 6.25. The Hall–Kier alpha value is -1.33. The molecule has 1 saturated heterocycles. The highest BCUT2D eigenvalue weighted by molar-refractivity contribution is 5.94. The van der Waals surface area contributed by atoms with Gasteiger partial charge in [-0.3, -0.25) is 9.59 Å². The van der Waals surface area contributed by atoms with E-state index in [1.54, 1.807) is 19.1 Å². The van der Waals surface area contributed by atoms with E-state index in [0.29, 0.717) is 6.04 Å². The minimum atomic E-state index is -0.325. The van der Waals surface area contributed by atoms with Gasteiger partial charge in [-0.05, 0) is 45.4 Å². The van der Waals surface area contributed by atoms with Crippen LogP contribution in [0.4, 0.5) is 0 Å². The van der Waals surface area contributed by atoms with Gasteiger partial charge in [0.15, 0.2) is 0 Å². The molecule has 2 atom stereocenters. The largest absolute Gasteiger partial charge is 0.349 e. The molecule has 3 N–H and O–H groups in total. The number of aromatic nitrogens is 1. The first kappa shape index (κ1) is 15.7. The molecular formula is C13H20ClN3O2. The summed E-state index contributed by atoms with van der Waals surface area (Å²) in [4.78, 5) is 26.3. The molecule has 2 rings (SSSR count). The average Bonchev–Trinajstić information content (AvgIpc) is 2.28. The lowest BCUT2D eigenvalue weighted by Crippen LogP contribution is -2.47. The van der Waals surface area contributed by atoms with Gasteiger partial charge in [-0.15, -0.1) is 12.4 Å². The summed E-state index contributed by atoms with van der Waals surface area (Å²) in [6.45, 7) is 4.78. The highest BCUT2D eigenvalue weighted by Gasteiger charge is 2.21. The number of nitrogens with one attached hydrogen (secondary N) is 3. The first-order valence-corrected chi connectivity index (χ1v) is 6.30. The number of halogens is 1. The zero-order valence-electron chi connectivity index (χ0n) is 11.2. The van der Waals surface area contributed by atoms with Gasteiger partial charge < -0.3 is 15.6 Å². The van der Waals surface area contributed by atoms with E-state index in [1.165, 1.54) is 0 Å². The second-order valence-electron chi connectivity index (χ2n) is 4.93. The van der Waals surface area contributed by atoms with Gasteiger partial charge in [0.2, 0.25) is 0 Å². The Labute approximate surface area is 118 Å². The Bertz CT molecular complexity index is 501. The molecule has 0 spiro atoms. The predicted molar refractivity (Wildman–Crippen MR) is 77.0 cm³/mol. The Kier molecular flexibility index (Phi) is 5.57. The molecule has 1 aliphatic rings. The molecule has 1 fully saturated rings. The second kappa shape index (κ2) is 6.73. The number of pyridine rings is 1. The number of hydrogen-bond donors (Lipinski definition) is 3. The quantitative estimate of drug-likeness (QED) is 0.758. The fraction of sp³-hybridized carbons (Fsp3) is 0.538. The van der Waals surface area contributed by atoms with Crippen LogP contribution in [-0.2, 0) is 0 Å². The molecule has 19 heavy (non-hydrogen) atoms. The predicted octanol–water partition coefficient (Wildman–Crippen LogP) is 0.975. The SMILES string of the molecule is Cc1ccc(C(=O)NC2CCNC(C)C2)c(=O)[nH]1.Cl. The molecule has 1 aliphatic heterocycles. The van der Waals surface area contributed by atoms with Gasteiger partial charge in [0, 0.05) is 17.8 Å². The zero-order valence-corrected chi connectivity index (χ0v) is 12.0. The molecule has 1 aromatic heterocycles. The molecule has 2 unspecified atom stereocenters. The second-order valence-corrected chi connectivity index (χ2v) is 4.93. The molecule has 5 nitrogen and oxygen atoms in total. The molecule has 0 radical (unpaired) electrons. The number of piperidine rings is 1. The minimum Gasteiger partial charge on any atom is -0.349 e. The highest BCUT2D eigenvalue weighted by Crippen LogP contribution is 2.08. The van der Waals surface area contributed by atoms with E-state index in [1.807, 2.05) is 0 Å². The fourth-order valence-electron chi connectivity index (χ4n) is 2.28. The van der Waals surface area contributed by atoms with Gasteiger partial charge in [-0.25, -0.2) is 0 Å². The van der Waals surface area contributed by atoms with Crippen molar-refractivity contribution in [2.75, 3.05) is 6.54 Å². The molecule has 1 amide bonds. The molecule has 1 aromatic rings. The maximum Gasteiger partial charge on any atom is 0.260 e. The van der Waals surface area contributed by atoms with Gasteiger partial charge in [0.05, 0.1) is 0 Å². The Morgan fingerprint density at radius 3 is 2.79 bits per heavy atom. The van der Waals surface area contributed by atoms with Crippen molar-refractivity contribution in [2.45, 2.75) is 38.8 Å². The van der Waals surface area contributed by atoms with Crippen molar-refractivity contribution in [1.82, 2.24) is 15.6 Å². The molecular weight excluding hydrogens is 266 g/mol. The fourth-order valence-corrected chi connectivity index (χ4v) is 2.28. The number of H-pyrrole nitrogens is 1. The van der Waals surface area contributed by atoms with Crippen molar-refractivity contribution in [3.05, 3.63) is 33.7 Å². The molecule has 0 bridgehead atoms. The third-order valence-corrected chi connectivity index (χ3v) is 3.26. The number of rotatable bonds is 2. The van der Waals surface area contributed by atoms with Crippen molar-refractivity contribution in [3.63, 3.8) is 0 Å². The van der Waals surface area contributed by atoms with E-state index in [2.05, 4.69) is 22.5 Å². The lowest BCUT2D eigenvalue weighted by molar-refractivity contribution is 0.0924. The van der Waals surface area contributed by atoms with Crippen LogP contribution in [0.5, 0.6) is 0 Å². The van der Waals surface area contributed by atoms with Crippen LogP contribution in [0.1, 0.15) is 35.8 Å². The summed E-state index contributed by atoms with van der Waals surface area (Å²) in [5.74, 6) is -0.282. The van der Waals surface area contributed by atoms with E-state index in [4.69, 9.17) is 0 Å². The van der Waals surface area contributed by atoms with E-state index >= 15 is 0 Å². The van der Waals surface area contributed by atoms with Crippen molar-refractivity contribution >= 4 is 18.3 Å². The Balaban J connectivity index is 0.00000180. The molecule has 0 aliphatic carbocycles. The van der Waals surface area contributed by atoms with Crippen LogP contribution >= 0.6 is 12.4 Å². The minimum absolute atomic E-state index is 0. The van der Waals surface area contributed by atoms with E-state index in [9.17, 15) is 9.59 Å². The Morgan fingerprint density at radius 1 is 1.42 bits per heavy atom. The van der Waals surface area contributed by atoms with Crippen LogP contribution in [0.3, 0.4) is 0 Å². The van der Waals surface area contributed by atoms with Gasteiger partial charge >= 0.3 is 0 Å². The smallest absolute Gasteiger partial charge is 0.260 e. The van der Waals surface area contributed by atoms with Gasteiger partial charge in [-0.2, -0.15) is 0 Å². The zero-order chi connectivity index (χ0) is 13.1. The number of aromatic amines is 1. The van der Waals surface area contributed by atoms with Crippen LogP contribution in [0.2, 0.25) is 0 Å². The number of hydrogen-bond acceptors (Lipinski definition) is 3. The monoisotopic (exact) mass is 285 g/mol. The van der Waals surface area contributed by atoms with Crippen molar-refractivity contribution in [3.8, 4) is 0 Å². The highest BCUT2D eigenvalue weighted by atomic mass is 35.5. The summed E-state index contributed by atoms with van der Waals surface area (Å²) in [6, 6.07) is 3.87. The van der Waals surface area contributed by atoms with Crippen LogP contribution < -0.4 is 16.2 Å². The number of carbonyl (C=O) groups excluding carboxylic acids is 1. The summed E-state index contributed by atoms with van der Waals surface area (Å²) in [5.41, 5.74) is 0.619. The summed E-state index contributed by atoms with van der Waals surface area (Å²) < 4.78 is 0. The normalized spacial score (nSPS) is 22.4. The van der Waals surface area contributed by atoms with Crippen LogP contribution in [0.25, 0.3) is 0 Å². The van der Waals surface area contributed by atoms with Gasteiger partial charge in [-0.1, -0.05) is 0 Å². The third-order valence-electron chi connectivity index (χ3n) is 3.26. The van der Waals surface area contributed by atoms with Crippen LogP contribution in [0, 0.1) is 6.92 Å². The number of amides is 1. The summed E-state index contributed by atoms with van der Waals surface area (Å²) >= 11 is 0.